The van der Waals surface area contributed by atoms with E-state index >= 15 is 0 Å². The van der Waals surface area contributed by atoms with Gasteiger partial charge in [0, 0.05) is 26.3 Å². The van der Waals surface area contributed by atoms with Crippen molar-refractivity contribution in [2.45, 2.75) is 337 Å². The van der Waals surface area contributed by atoms with E-state index in [9.17, 15) is 101 Å². The summed E-state index contributed by atoms with van der Waals surface area (Å²) in [6, 6.07) is -9.87. The minimum atomic E-state index is -1.89. The number of carbonyl (C=O) groups excluding carboxylic acids is 20. The van der Waals surface area contributed by atoms with Gasteiger partial charge < -0.3 is 112 Å². The van der Waals surface area contributed by atoms with E-state index in [-0.39, 0.29) is 62.8 Å². The van der Waals surface area contributed by atoms with Crippen molar-refractivity contribution >= 4 is 118 Å². The van der Waals surface area contributed by atoms with E-state index < -0.39 is 249 Å². The molecule has 0 aromatic heterocycles. The van der Waals surface area contributed by atoms with Crippen molar-refractivity contribution < 1.29 is 101 Å². The summed E-state index contributed by atoms with van der Waals surface area (Å²) >= 11 is 0. The van der Waals surface area contributed by atoms with Gasteiger partial charge >= 0.3 is 0 Å². The molecule has 22 N–H and O–H groups in total. The summed E-state index contributed by atoms with van der Waals surface area (Å²) in [6.07, 6.45) is -0.380. The zero-order valence-corrected chi connectivity index (χ0v) is 75.5. The minimum absolute atomic E-state index is 0.0409. The molecule has 1 rings (SSSR count). The fourth-order valence-electron chi connectivity index (χ4n) is 12.4. The molecule has 0 unspecified atom stereocenters. The van der Waals surface area contributed by atoms with Crippen molar-refractivity contribution in [3.05, 3.63) is 0 Å². The zero-order valence-electron chi connectivity index (χ0n) is 75.5. The molecule has 41 heteroatoms. The molecule has 20 amide bonds. The Morgan fingerprint density at radius 2 is 0.785 bits per heavy atom. The van der Waals surface area contributed by atoms with Crippen LogP contribution in [0.1, 0.15) is 244 Å². The number of nitrogens with zero attached hydrogens (tertiary/aromatic N) is 1. The van der Waals surface area contributed by atoms with Crippen LogP contribution in [0.25, 0.3) is 0 Å². The van der Waals surface area contributed by atoms with E-state index in [1.54, 1.807) is 48.5 Å². The van der Waals surface area contributed by atoms with Crippen LogP contribution in [0.3, 0.4) is 0 Å². The Balaban J connectivity index is 3.20. The summed E-state index contributed by atoms with van der Waals surface area (Å²) in [5.74, 6) is -17.2. The first-order valence-electron chi connectivity index (χ1n) is 40.9. The topological polar surface area (TPSA) is 621 Å². The standard InChI is InChI=1S/C80H140N20O21/c1-27-80(26,71(120)99-79(24,25)72(121)100-34-28-29-52(100)63(112)88-51(37-43(6)7)62(111)96-78(22,23)70(119)98-77(20,21)68(117)89-48(30-32-53(81)103)59(108)86-47(40-101)35-41(2)3)93-56(106)39-84-66(115)74(14,15)97-64(113)57(44(8)9)91-69(118)76(18,19)94-60(109)49(31-33-54(82)104)90-67(116)75(16,17)95-61(110)50(36-42(4)5)87-58(107)45(10)85-55(105)38-83-65(114)73(12,13)92-46(11)102/h41-45,47-52,57,101H,27-40H2,1-26H3,(H2,81,103)(H2,82,104)(H,83,114)(H,84,115)(H,85,105)(H,86,108)(H,87,107)(H,88,112)(H,89,117)(H,90,116)(H,91,118)(H,92,102)(H,93,106)(H,94,109)(H,95,110)(H,96,111)(H,97,113)(H,98,119)(H,99,120)/t45-,47+,48+,49-,50+,51+,52+,57+,80-/m0/s1. The predicted molar refractivity (Wildman–Crippen MR) is 445 cm³/mol. The second kappa shape index (κ2) is 45.8. The smallest absolute Gasteiger partial charge is 0.248 e. The molecule has 686 valence electrons. The van der Waals surface area contributed by atoms with Crippen LogP contribution in [-0.2, 0) is 95.9 Å². The van der Waals surface area contributed by atoms with Crippen LogP contribution in [0.15, 0.2) is 0 Å². The highest BCUT2D eigenvalue weighted by Crippen LogP contribution is 2.25. The quantitative estimate of drug-likeness (QED) is 0.0281. The van der Waals surface area contributed by atoms with Gasteiger partial charge in [-0.05, 0) is 186 Å². The SMILES string of the molecule is CC[C@](C)(NC(=O)CNC(=O)C(C)(C)NC(=O)[C@H](NC(=O)C(C)(C)NC(=O)[C@H](CCC(N)=O)NC(=O)C(C)(C)NC(=O)[C@@H](CC(C)C)NC(=O)[C@H](C)NC(=O)CNC(=O)C(C)(C)NC(C)=O)C(C)C)C(=O)NC(C)(C)C(=O)N1CCC[C@@H]1C(=O)N[C@H](CC(C)C)C(=O)NC(C)(C)C(=O)NC(C)(C)C(=O)N[C@H](CCC(N)=O)C(=O)N[C@@H](CO)CC(C)C. The maximum absolute atomic E-state index is 14.5. The number of amides is 20. The van der Waals surface area contributed by atoms with Crippen LogP contribution in [0, 0.1) is 23.7 Å². The Labute approximate surface area is 709 Å². The van der Waals surface area contributed by atoms with Crippen molar-refractivity contribution in [2.24, 2.45) is 35.1 Å². The van der Waals surface area contributed by atoms with Crippen molar-refractivity contribution in [1.82, 2.24) is 95.3 Å². The lowest BCUT2D eigenvalue weighted by molar-refractivity contribution is -0.146. The first-order chi connectivity index (χ1) is 55.1. The molecule has 41 nitrogen and oxygen atoms in total. The van der Waals surface area contributed by atoms with Crippen LogP contribution in [0.5, 0.6) is 0 Å². The molecule has 0 bridgehead atoms. The molecule has 0 aliphatic carbocycles. The summed E-state index contributed by atoms with van der Waals surface area (Å²) < 4.78 is 0. The molecule has 0 aromatic carbocycles. The van der Waals surface area contributed by atoms with E-state index in [1.165, 1.54) is 123 Å². The molecule has 1 heterocycles. The Morgan fingerprint density at radius 3 is 1.21 bits per heavy atom. The molecular formula is C80H140N20O21. The molecule has 0 radical (unpaired) electrons. The van der Waals surface area contributed by atoms with Crippen molar-refractivity contribution in [2.75, 3.05) is 26.2 Å². The number of nitrogens with two attached hydrogens (primary N) is 2. The van der Waals surface area contributed by atoms with Gasteiger partial charge in [-0.3, -0.25) is 95.9 Å². The third-order valence-corrected chi connectivity index (χ3v) is 19.9. The first-order valence-corrected chi connectivity index (χ1v) is 40.9. The van der Waals surface area contributed by atoms with E-state index in [4.69, 9.17) is 11.5 Å². The molecule has 9 atom stereocenters. The number of aliphatic hydroxyl groups excluding tert-OH is 1. The van der Waals surface area contributed by atoms with Gasteiger partial charge in [0.25, 0.3) is 0 Å². The zero-order chi connectivity index (χ0) is 94.0. The Kier molecular flexibility index (Phi) is 41.1. The third kappa shape index (κ3) is 35.5. The van der Waals surface area contributed by atoms with Gasteiger partial charge in [0.2, 0.25) is 118 Å². The maximum Gasteiger partial charge on any atom is 0.248 e. The third-order valence-electron chi connectivity index (χ3n) is 19.9. The molecular weight excluding hydrogens is 1580 g/mol. The largest absolute Gasteiger partial charge is 0.394 e. The number of hydrogen-bond acceptors (Lipinski definition) is 21. The molecule has 0 aromatic rings. The average molecular weight is 1720 g/mol. The van der Waals surface area contributed by atoms with Crippen molar-refractivity contribution in [3.63, 3.8) is 0 Å². The summed E-state index contributed by atoms with van der Waals surface area (Å²) in [5, 5.41) is 53.3. The molecule has 1 aliphatic rings. The van der Waals surface area contributed by atoms with Gasteiger partial charge in [0.1, 0.15) is 86.6 Å². The number of likely N-dealkylation sites (tertiary alicyclic amines) is 1. The Morgan fingerprint density at radius 1 is 0.397 bits per heavy atom. The maximum atomic E-state index is 14.5. The van der Waals surface area contributed by atoms with Gasteiger partial charge in [0.15, 0.2) is 0 Å². The first kappa shape index (κ1) is 108. The number of rotatable bonds is 49. The average Bonchev–Trinajstić information content (AvgIpc) is 1.76. The monoisotopic (exact) mass is 1720 g/mol. The summed E-state index contributed by atoms with van der Waals surface area (Å²) in [6.45, 7) is 36.7. The predicted octanol–water partition coefficient (Wildman–Crippen LogP) is -3.49. The number of hydrogen-bond donors (Lipinski definition) is 20. The van der Waals surface area contributed by atoms with Crippen LogP contribution in [0.2, 0.25) is 0 Å². The lowest BCUT2D eigenvalue weighted by atomic mass is 9.94. The van der Waals surface area contributed by atoms with Crippen LogP contribution >= 0.6 is 0 Å². The van der Waals surface area contributed by atoms with Gasteiger partial charge in [-0.25, -0.2) is 0 Å². The van der Waals surface area contributed by atoms with E-state index in [1.807, 2.05) is 13.8 Å². The Hall–Kier alpha value is -10.6. The highest BCUT2D eigenvalue weighted by molar-refractivity contribution is 6.04. The highest BCUT2D eigenvalue weighted by Gasteiger charge is 2.48. The molecule has 1 saturated heterocycles. The molecule has 0 saturated carbocycles. The fraction of sp³-hybridized carbons (Fsp3) is 0.750. The van der Waals surface area contributed by atoms with Crippen LogP contribution < -0.4 is 102 Å². The lowest BCUT2D eigenvalue weighted by Gasteiger charge is -2.37. The van der Waals surface area contributed by atoms with Gasteiger partial charge in [0.05, 0.1) is 25.7 Å². The second-order valence-electron chi connectivity index (χ2n) is 36.6. The molecule has 121 heavy (non-hydrogen) atoms. The normalized spacial score (nSPS) is 15.6. The van der Waals surface area contributed by atoms with Gasteiger partial charge in [-0.15, -0.1) is 0 Å². The minimum Gasteiger partial charge on any atom is -0.394 e. The van der Waals surface area contributed by atoms with Gasteiger partial charge in [-0.2, -0.15) is 0 Å². The van der Waals surface area contributed by atoms with Gasteiger partial charge in [-0.1, -0.05) is 62.3 Å². The van der Waals surface area contributed by atoms with E-state index in [2.05, 4.69) is 90.4 Å². The fourth-order valence-corrected chi connectivity index (χ4v) is 12.4. The molecule has 0 spiro atoms. The lowest BCUT2D eigenvalue weighted by Crippen LogP contribution is -2.66. The summed E-state index contributed by atoms with van der Waals surface area (Å²) in [5.41, 5.74) is -3.06. The number of primary amides is 2. The van der Waals surface area contributed by atoms with E-state index in [0.717, 1.165) is 0 Å². The molecule has 1 aliphatic heterocycles. The highest BCUT2D eigenvalue weighted by atomic mass is 16.3. The Bertz CT molecular complexity index is 3790. The van der Waals surface area contributed by atoms with Crippen molar-refractivity contribution in [1.29, 1.82) is 0 Å². The number of carbonyl (C=O) groups is 20. The number of aliphatic hydroxyl groups is 1. The van der Waals surface area contributed by atoms with E-state index in [0.29, 0.717) is 12.8 Å². The summed E-state index contributed by atoms with van der Waals surface area (Å²) in [4.78, 5) is 271. The number of nitrogens with one attached hydrogen (secondary N) is 17. The summed E-state index contributed by atoms with van der Waals surface area (Å²) in [7, 11) is 0. The second-order valence-corrected chi connectivity index (χ2v) is 36.6. The van der Waals surface area contributed by atoms with Crippen LogP contribution in [-0.4, -0.2) is 247 Å². The van der Waals surface area contributed by atoms with Crippen LogP contribution in [0.4, 0.5) is 0 Å². The van der Waals surface area contributed by atoms with Crippen molar-refractivity contribution in [3.8, 4) is 0 Å². The molecule has 1 fully saturated rings.